The maximum absolute atomic E-state index is 12.8. The van der Waals surface area contributed by atoms with Crippen LogP contribution in [-0.2, 0) is 0 Å². The third-order valence-corrected chi connectivity index (χ3v) is 2.22. The molecule has 2 nitrogen and oxygen atoms in total. The number of rotatable bonds is 1. The van der Waals surface area contributed by atoms with Crippen LogP contribution in [-0.4, -0.2) is 5.84 Å². The van der Waals surface area contributed by atoms with Crippen LogP contribution in [0.4, 0.5) is 10.1 Å². The molecule has 0 bridgehead atoms. The maximum Gasteiger partial charge on any atom is 0.124 e. The third kappa shape index (κ3) is 3.20. The summed E-state index contributed by atoms with van der Waals surface area (Å²) in [6, 6.07) is 4.03. The zero-order valence-electron chi connectivity index (χ0n) is 9.01. The average molecular weight is 229 g/mol. The Morgan fingerprint density at radius 1 is 1.40 bits per heavy atom. The maximum atomic E-state index is 12.8. The van der Waals surface area contributed by atoms with Crippen molar-refractivity contribution in [1.82, 2.24) is 0 Å². The van der Waals surface area contributed by atoms with E-state index in [9.17, 15) is 4.39 Å². The molecule has 0 unspecified atom stereocenters. The van der Waals surface area contributed by atoms with Crippen LogP contribution in [0, 0.1) is 11.2 Å². The molecule has 0 aliphatic heterocycles. The van der Waals surface area contributed by atoms with Gasteiger partial charge in [-0.3, -0.25) is 0 Å². The van der Waals surface area contributed by atoms with E-state index in [0.717, 1.165) is 0 Å². The van der Waals surface area contributed by atoms with Crippen molar-refractivity contribution in [3.05, 3.63) is 29.0 Å². The quantitative estimate of drug-likeness (QED) is 0.580. The molecule has 1 aromatic rings. The summed E-state index contributed by atoms with van der Waals surface area (Å²) in [5.74, 6) is 0.0873. The molecule has 15 heavy (non-hydrogen) atoms. The molecule has 1 aromatic carbocycles. The summed E-state index contributed by atoms with van der Waals surface area (Å²) in [6.07, 6.45) is 0. The monoisotopic (exact) mass is 228 g/mol. The van der Waals surface area contributed by atoms with Crippen molar-refractivity contribution < 1.29 is 4.39 Å². The van der Waals surface area contributed by atoms with Crippen LogP contribution >= 0.6 is 11.6 Å². The predicted octanol–water partition coefficient (Wildman–Crippen LogP) is 3.51. The van der Waals surface area contributed by atoms with Crippen molar-refractivity contribution in [1.29, 1.82) is 0 Å². The number of hydrogen-bond acceptors (Lipinski definition) is 1. The molecule has 0 aliphatic carbocycles. The molecule has 0 saturated carbocycles. The minimum absolute atomic E-state index is 0.224. The summed E-state index contributed by atoms with van der Waals surface area (Å²) in [7, 11) is 0. The van der Waals surface area contributed by atoms with Crippen LogP contribution in [0.3, 0.4) is 0 Å². The number of nitrogens with zero attached hydrogens (tertiary/aromatic N) is 1. The van der Waals surface area contributed by atoms with Crippen LogP contribution in [0.1, 0.15) is 20.8 Å². The Kier molecular flexibility index (Phi) is 3.35. The van der Waals surface area contributed by atoms with E-state index in [0.29, 0.717) is 11.5 Å². The van der Waals surface area contributed by atoms with Gasteiger partial charge in [0.1, 0.15) is 11.7 Å². The Hall–Kier alpha value is -1.09. The molecule has 0 fully saturated rings. The number of aliphatic imine (C=N–C) groups is 1. The molecular weight excluding hydrogens is 215 g/mol. The van der Waals surface area contributed by atoms with E-state index in [1.54, 1.807) is 0 Å². The first-order valence-electron chi connectivity index (χ1n) is 4.60. The molecule has 0 radical (unpaired) electrons. The van der Waals surface area contributed by atoms with E-state index < -0.39 is 0 Å². The predicted molar refractivity (Wildman–Crippen MR) is 62.1 cm³/mol. The second-order valence-electron chi connectivity index (χ2n) is 4.34. The number of hydrogen-bond donors (Lipinski definition) is 1. The van der Waals surface area contributed by atoms with E-state index in [1.807, 2.05) is 20.8 Å². The SMILES string of the molecule is CC(C)(C)C(N)=Nc1ccc(F)cc1Cl. The van der Waals surface area contributed by atoms with Crippen molar-refractivity contribution in [2.24, 2.45) is 16.1 Å². The lowest BCUT2D eigenvalue weighted by molar-refractivity contribution is 0.585. The van der Waals surface area contributed by atoms with Crippen molar-refractivity contribution >= 4 is 23.1 Å². The van der Waals surface area contributed by atoms with Gasteiger partial charge < -0.3 is 5.73 Å². The fraction of sp³-hybridized carbons (Fsp3) is 0.364. The Morgan fingerprint density at radius 2 is 2.00 bits per heavy atom. The highest BCUT2D eigenvalue weighted by Gasteiger charge is 2.15. The summed E-state index contributed by atoms with van der Waals surface area (Å²) in [6.45, 7) is 5.84. The lowest BCUT2D eigenvalue weighted by Crippen LogP contribution is -2.28. The zero-order chi connectivity index (χ0) is 11.6. The molecule has 4 heteroatoms. The van der Waals surface area contributed by atoms with E-state index in [1.165, 1.54) is 18.2 Å². The molecule has 1 rings (SSSR count). The van der Waals surface area contributed by atoms with Gasteiger partial charge in [0.25, 0.3) is 0 Å². The van der Waals surface area contributed by atoms with E-state index in [2.05, 4.69) is 4.99 Å². The fourth-order valence-corrected chi connectivity index (χ4v) is 1.08. The van der Waals surface area contributed by atoms with E-state index in [-0.39, 0.29) is 16.3 Å². The number of halogens is 2. The van der Waals surface area contributed by atoms with Crippen molar-refractivity contribution in [2.75, 3.05) is 0 Å². The summed E-state index contributed by atoms with van der Waals surface area (Å²) in [5, 5.41) is 0.266. The highest BCUT2D eigenvalue weighted by Crippen LogP contribution is 2.27. The minimum atomic E-state index is -0.381. The molecule has 0 aromatic heterocycles. The van der Waals surface area contributed by atoms with Crippen LogP contribution in [0.15, 0.2) is 23.2 Å². The summed E-state index contributed by atoms with van der Waals surface area (Å²) >= 11 is 5.82. The second-order valence-corrected chi connectivity index (χ2v) is 4.75. The van der Waals surface area contributed by atoms with Gasteiger partial charge in [-0.05, 0) is 18.2 Å². The van der Waals surface area contributed by atoms with Gasteiger partial charge in [0.05, 0.1) is 10.7 Å². The smallest absolute Gasteiger partial charge is 0.124 e. The van der Waals surface area contributed by atoms with Gasteiger partial charge in [-0.2, -0.15) is 0 Å². The van der Waals surface area contributed by atoms with Gasteiger partial charge in [0, 0.05) is 5.41 Å². The first-order chi connectivity index (χ1) is 6.80. The largest absolute Gasteiger partial charge is 0.387 e. The lowest BCUT2D eigenvalue weighted by Gasteiger charge is -2.17. The standard InChI is InChI=1S/C11H14ClFN2/c1-11(2,3)10(14)15-9-5-4-7(13)6-8(9)12/h4-6H,1-3H3,(H2,14,15). The van der Waals surface area contributed by atoms with Crippen molar-refractivity contribution in [3.8, 4) is 0 Å². The molecule has 0 aliphatic rings. The Labute approximate surface area is 94.0 Å². The number of amidine groups is 1. The Morgan fingerprint density at radius 3 is 2.47 bits per heavy atom. The first-order valence-corrected chi connectivity index (χ1v) is 4.98. The summed E-state index contributed by atoms with van der Waals surface area (Å²) < 4.78 is 12.8. The number of benzene rings is 1. The molecule has 0 spiro atoms. The van der Waals surface area contributed by atoms with E-state index >= 15 is 0 Å². The van der Waals surface area contributed by atoms with E-state index in [4.69, 9.17) is 17.3 Å². The normalized spacial score (nSPS) is 13.0. The molecule has 2 N–H and O–H groups in total. The second kappa shape index (κ2) is 4.19. The van der Waals surface area contributed by atoms with Crippen LogP contribution in [0.5, 0.6) is 0 Å². The number of nitrogens with two attached hydrogens (primary N) is 1. The molecule has 0 saturated heterocycles. The Bertz CT molecular complexity index is 394. The van der Waals surface area contributed by atoms with Crippen LogP contribution < -0.4 is 5.73 Å². The van der Waals surface area contributed by atoms with Crippen molar-refractivity contribution in [2.45, 2.75) is 20.8 Å². The highest BCUT2D eigenvalue weighted by atomic mass is 35.5. The molecule has 0 heterocycles. The average Bonchev–Trinajstić information content (AvgIpc) is 2.08. The fourth-order valence-electron chi connectivity index (χ4n) is 0.869. The van der Waals surface area contributed by atoms with Gasteiger partial charge in [0.2, 0.25) is 0 Å². The molecule has 82 valence electrons. The van der Waals surface area contributed by atoms with Gasteiger partial charge in [-0.25, -0.2) is 9.38 Å². The summed E-state index contributed by atoms with van der Waals surface area (Å²) in [5.41, 5.74) is 6.05. The summed E-state index contributed by atoms with van der Waals surface area (Å²) in [4.78, 5) is 4.17. The van der Waals surface area contributed by atoms with Crippen molar-refractivity contribution in [3.63, 3.8) is 0 Å². The van der Waals surface area contributed by atoms with Gasteiger partial charge in [-0.15, -0.1) is 0 Å². The van der Waals surface area contributed by atoms with Gasteiger partial charge in [-0.1, -0.05) is 32.4 Å². The third-order valence-electron chi connectivity index (χ3n) is 1.92. The highest BCUT2D eigenvalue weighted by molar-refractivity contribution is 6.33. The minimum Gasteiger partial charge on any atom is -0.387 e. The van der Waals surface area contributed by atoms with Crippen LogP contribution in [0.25, 0.3) is 0 Å². The molecule has 0 atom stereocenters. The zero-order valence-corrected chi connectivity index (χ0v) is 9.77. The topological polar surface area (TPSA) is 38.4 Å². The van der Waals surface area contributed by atoms with Gasteiger partial charge in [0.15, 0.2) is 0 Å². The van der Waals surface area contributed by atoms with Crippen LogP contribution in [0.2, 0.25) is 5.02 Å². The Balaban J connectivity index is 3.09. The molecular formula is C11H14ClFN2. The first kappa shape index (κ1) is 12.0. The van der Waals surface area contributed by atoms with Gasteiger partial charge >= 0.3 is 0 Å². The lowest BCUT2D eigenvalue weighted by atomic mass is 9.95. The molecule has 0 amide bonds.